The van der Waals surface area contributed by atoms with Crippen LogP contribution in [0.5, 0.6) is 11.5 Å². The number of carbonyl (C=O) groups is 3. The molecule has 4 amide bonds. The third-order valence-electron chi connectivity index (χ3n) is 5.00. The average molecular weight is 412 g/mol. The Hall–Kier alpha value is -4.19. The normalized spacial score (nSPS) is 15.2. The zero-order valence-corrected chi connectivity index (χ0v) is 17.1. The number of para-hydroxylation sites is 1. The molecule has 1 fully saturated rings. The van der Waals surface area contributed by atoms with Gasteiger partial charge in [-0.2, -0.15) is 0 Å². The van der Waals surface area contributed by atoms with E-state index in [0.29, 0.717) is 22.7 Å². The predicted molar refractivity (Wildman–Crippen MR) is 118 cm³/mol. The van der Waals surface area contributed by atoms with Gasteiger partial charge >= 0.3 is 6.03 Å². The quantitative estimate of drug-likeness (QED) is 0.495. The van der Waals surface area contributed by atoms with Crippen LogP contribution in [0.25, 0.3) is 6.08 Å². The molecule has 154 valence electrons. The molecule has 1 saturated heterocycles. The summed E-state index contributed by atoms with van der Waals surface area (Å²) in [6, 6.07) is 20.8. The van der Waals surface area contributed by atoms with Gasteiger partial charge in [-0.3, -0.25) is 14.9 Å². The first kappa shape index (κ1) is 20.1. The molecule has 0 atom stereocenters. The zero-order chi connectivity index (χ0) is 22.0. The summed E-state index contributed by atoms with van der Waals surface area (Å²) in [5.41, 5.74) is 2.85. The van der Waals surface area contributed by atoms with Crippen molar-refractivity contribution in [2.75, 3.05) is 4.90 Å². The van der Waals surface area contributed by atoms with Crippen molar-refractivity contribution in [3.05, 3.63) is 95.1 Å². The van der Waals surface area contributed by atoms with Crippen LogP contribution < -0.4 is 15.0 Å². The molecule has 0 saturated carbocycles. The Morgan fingerprint density at radius 1 is 0.806 bits per heavy atom. The van der Waals surface area contributed by atoms with Crippen molar-refractivity contribution < 1.29 is 19.1 Å². The number of anilines is 1. The number of barbiturate groups is 1. The third kappa shape index (κ3) is 4.23. The maximum Gasteiger partial charge on any atom is 0.335 e. The van der Waals surface area contributed by atoms with E-state index in [0.717, 1.165) is 16.0 Å². The number of ether oxygens (including phenoxy) is 1. The molecule has 6 nitrogen and oxygen atoms in total. The van der Waals surface area contributed by atoms with Crippen molar-refractivity contribution in [3.63, 3.8) is 0 Å². The number of nitrogens with zero attached hydrogens (tertiary/aromatic N) is 1. The minimum Gasteiger partial charge on any atom is -0.457 e. The van der Waals surface area contributed by atoms with Crippen LogP contribution in [-0.4, -0.2) is 17.8 Å². The van der Waals surface area contributed by atoms with Gasteiger partial charge in [0.2, 0.25) is 0 Å². The monoisotopic (exact) mass is 412 g/mol. The number of urea groups is 1. The van der Waals surface area contributed by atoms with Crippen LogP contribution in [0.4, 0.5) is 10.5 Å². The zero-order valence-electron chi connectivity index (χ0n) is 17.1. The van der Waals surface area contributed by atoms with Crippen LogP contribution in [0.1, 0.15) is 16.7 Å². The van der Waals surface area contributed by atoms with E-state index in [-0.39, 0.29) is 5.57 Å². The molecular weight excluding hydrogens is 392 g/mol. The topological polar surface area (TPSA) is 75.7 Å². The Bertz CT molecular complexity index is 1220. The number of benzene rings is 3. The van der Waals surface area contributed by atoms with Crippen LogP contribution in [0, 0.1) is 13.8 Å². The van der Waals surface area contributed by atoms with Gasteiger partial charge < -0.3 is 4.74 Å². The highest BCUT2D eigenvalue weighted by Crippen LogP contribution is 2.26. The molecule has 1 heterocycles. The van der Waals surface area contributed by atoms with E-state index in [1.54, 1.807) is 36.4 Å². The van der Waals surface area contributed by atoms with Gasteiger partial charge in [-0.05, 0) is 73.0 Å². The van der Waals surface area contributed by atoms with Crippen LogP contribution in [0.2, 0.25) is 0 Å². The maximum atomic E-state index is 13.1. The molecular formula is C25H20N2O4. The van der Waals surface area contributed by atoms with Crippen molar-refractivity contribution in [2.24, 2.45) is 0 Å². The van der Waals surface area contributed by atoms with E-state index < -0.39 is 17.8 Å². The number of hydrogen-bond acceptors (Lipinski definition) is 4. The number of amides is 4. The van der Waals surface area contributed by atoms with Crippen LogP contribution in [0.3, 0.4) is 0 Å². The second kappa shape index (κ2) is 8.28. The van der Waals surface area contributed by atoms with Gasteiger partial charge in [-0.15, -0.1) is 0 Å². The number of imide groups is 2. The minimum atomic E-state index is -0.767. The SMILES string of the molecule is Cc1ccc(N2C(=O)NC(=O)/C(=C\c3cccc(Oc4ccccc4)c3)C2=O)cc1C. The lowest BCUT2D eigenvalue weighted by molar-refractivity contribution is -0.122. The van der Waals surface area contributed by atoms with E-state index in [1.807, 2.05) is 50.2 Å². The molecule has 1 aliphatic rings. The highest BCUT2D eigenvalue weighted by atomic mass is 16.5. The molecule has 1 aliphatic heterocycles. The van der Waals surface area contributed by atoms with Crippen molar-refractivity contribution >= 4 is 29.6 Å². The summed E-state index contributed by atoms with van der Waals surface area (Å²) in [7, 11) is 0. The van der Waals surface area contributed by atoms with Crippen molar-refractivity contribution in [1.29, 1.82) is 0 Å². The summed E-state index contributed by atoms with van der Waals surface area (Å²) < 4.78 is 5.81. The summed E-state index contributed by atoms with van der Waals surface area (Å²) in [5.74, 6) is -0.174. The molecule has 31 heavy (non-hydrogen) atoms. The first-order valence-corrected chi connectivity index (χ1v) is 9.74. The standard InChI is InChI=1S/C25H20N2O4/c1-16-11-12-19(13-17(16)2)27-24(29)22(23(28)26-25(27)30)15-18-7-6-10-21(14-18)31-20-8-4-3-5-9-20/h3-15H,1-2H3,(H,26,28,30)/b22-15+. The van der Waals surface area contributed by atoms with Crippen LogP contribution in [-0.2, 0) is 9.59 Å². The Morgan fingerprint density at radius 2 is 1.55 bits per heavy atom. The van der Waals surface area contributed by atoms with Crippen molar-refractivity contribution in [3.8, 4) is 11.5 Å². The number of carbonyl (C=O) groups excluding carboxylic acids is 3. The van der Waals surface area contributed by atoms with E-state index in [9.17, 15) is 14.4 Å². The van der Waals surface area contributed by atoms with Gasteiger partial charge in [-0.25, -0.2) is 9.69 Å². The van der Waals surface area contributed by atoms with Gasteiger partial charge in [0, 0.05) is 0 Å². The first-order valence-electron chi connectivity index (χ1n) is 9.74. The predicted octanol–water partition coefficient (Wildman–Crippen LogP) is 4.76. The molecule has 0 radical (unpaired) electrons. The highest BCUT2D eigenvalue weighted by molar-refractivity contribution is 6.39. The highest BCUT2D eigenvalue weighted by Gasteiger charge is 2.36. The molecule has 6 heteroatoms. The molecule has 0 aliphatic carbocycles. The summed E-state index contributed by atoms with van der Waals surface area (Å²) >= 11 is 0. The van der Waals surface area contributed by atoms with Gasteiger partial charge in [0.05, 0.1) is 5.69 Å². The van der Waals surface area contributed by atoms with E-state index in [1.165, 1.54) is 6.08 Å². The van der Waals surface area contributed by atoms with Crippen molar-refractivity contribution in [1.82, 2.24) is 5.32 Å². The Morgan fingerprint density at radius 3 is 2.29 bits per heavy atom. The van der Waals surface area contributed by atoms with E-state index >= 15 is 0 Å². The van der Waals surface area contributed by atoms with E-state index in [4.69, 9.17) is 4.74 Å². The van der Waals surface area contributed by atoms with Gasteiger partial charge in [0.1, 0.15) is 17.1 Å². The number of nitrogens with one attached hydrogen (secondary N) is 1. The summed E-state index contributed by atoms with van der Waals surface area (Å²) in [6.07, 6.45) is 1.45. The smallest absolute Gasteiger partial charge is 0.335 e. The minimum absolute atomic E-state index is 0.130. The van der Waals surface area contributed by atoms with Gasteiger partial charge in [0.15, 0.2) is 0 Å². The van der Waals surface area contributed by atoms with Crippen LogP contribution in [0.15, 0.2) is 78.4 Å². The molecule has 4 rings (SSSR count). The Kier molecular flexibility index (Phi) is 5.37. The second-order valence-electron chi connectivity index (χ2n) is 7.21. The molecule has 0 bridgehead atoms. The number of rotatable bonds is 4. The maximum absolute atomic E-state index is 13.1. The van der Waals surface area contributed by atoms with Gasteiger partial charge in [0.25, 0.3) is 11.8 Å². The molecule has 0 spiro atoms. The number of hydrogen-bond donors (Lipinski definition) is 1. The third-order valence-corrected chi connectivity index (χ3v) is 5.00. The van der Waals surface area contributed by atoms with E-state index in [2.05, 4.69) is 5.32 Å². The lowest BCUT2D eigenvalue weighted by Crippen LogP contribution is -2.54. The second-order valence-corrected chi connectivity index (χ2v) is 7.21. The fourth-order valence-corrected chi connectivity index (χ4v) is 3.22. The summed E-state index contributed by atoms with van der Waals surface area (Å²) in [4.78, 5) is 38.9. The molecule has 3 aromatic rings. The lowest BCUT2D eigenvalue weighted by atomic mass is 10.0. The van der Waals surface area contributed by atoms with Crippen molar-refractivity contribution in [2.45, 2.75) is 13.8 Å². The Balaban J connectivity index is 1.65. The largest absolute Gasteiger partial charge is 0.457 e. The first-order chi connectivity index (χ1) is 14.9. The Labute approximate surface area is 179 Å². The lowest BCUT2D eigenvalue weighted by Gasteiger charge is -2.26. The van der Waals surface area contributed by atoms with Gasteiger partial charge in [-0.1, -0.05) is 36.4 Å². The number of aryl methyl sites for hydroxylation is 2. The summed E-state index contributed by atoms with van der Waals surface area (Å²) in [5, 5.41) is 2.24. The molecule has 0 aromatic heterocycles. The average Bonchev–Trinajstić information content (AvgIpc) is 2.74. The fourth-order valence-electron chi connectivity index (χ4n) is 3.22. The summed E-state index contributed by atoms with van der Waals surface area (Å²) in [6.45, 7) is 3.84. The molecule has 0 unspecified atom stereocenters. The molecule has 3 aromatic carbocycles. The molecule has 1 N–H and O–H groups in total. The fraction of sp³-hybridized carbons (Fsp3) is 0.0800. The van der Waals surface area contributed by atoms with Crippen LogP contribution >= 0.6 is 0 Å².